The second-order valence-electron chi connectivity index (χ2n) is 6.18. The van der Waals surface area contributed by atoms with Gasteiger partial charge in [-0.3, -0.25) is 0 Å². The molecule has 0 bridgehead atoms. The van der Waals surface area contributed by atoms with Crippen molar-refractivity contribution < 1.29 is 13.9 Å². The lowest BCUT2D eigenvalue weighted by molar-refractivity contribution is 0.309. The maximum atomic E-state index is 13.4. The van der Waals surface area contributed by atoms with E-state index in [0.29, 0.717) is 16.7 Å². The molecular weight excluding hydrogens is 374 g/mol. The van der Waals surface area contributed by atoms with Gasteiger partial charge in [-0.25, -0.2) is 13.5 Å². The Labute approximate surface area is 159 Å². The van der Waals surface area contributed by atoms with Gasteiger partial charge in [0.1, 0.15) is 11.6 Å². The summed E-state index contributed by atoms with van der Waals surface area (Å²) in [4.78, 5) is 0. The molecule has 140 valence electrons. The molecule has 0 aliphatic carbocycles. The fourth-order valence-electron chi connectivity index (χ4n) is 2.77. The van der Waals surface area contributed by atoms with Crippen molar-refractivity contribution >= 4 is 22.7 Å². The van der Waals surface area contributed by atoms with E-state index in [1.807, 2.05) is 13.8 Å². The van der Waals surface area contributed by atoms with Crippen molar-refractivity contribution in [2.45, 2.75) is 25.5 Å². The highest BCUT2D eigenvalue weighted by Crippen LogP contribution is 2.35. The van der Waals surface area contributed by atoms with E-state index in [-0.39, 0.29) is 17.4 Å². The molecule has 1 aromatic heterocycles. The number of halogens is 3. The van der Waals surface area contributed by atoms with Crippen LogP contribution in [0.25, 0.3) is 11.1 Å². The maximum absolute atomic E-state index is 13.4. The van der Waals surface area contributed by atoms with E-state index in [1.54, 1.807) is 24.3 Å². The highest BCUT2D eigenvalue weighted by Gasteiger charge is 2.25. The molecule has 1 N–H and O–H groups in total. The number of hydrogen-bond acceptors (Lipinski definition) is 4. The topological polar surface area (TPSA) is 63.8 Å². The van der Waals surface area contributed by atoms with Gasteiger partial charge in [0.2, 0.25) is 0 Å². The Kier molecular flexibility index (Phi) is 5.62. The second-order valence-corrected chi connectivity index (χ2v) is 6.59. The average molecular weight is 391 g/mol. The van der Waals surface area contributed by atoms with Gasteiger partial charge in [-0.15, -0.1) is 5.10 Å². The third kappa shape index (κ3) is 4.04. The quantitative estimate of drug-likeness (QED) is 0.667. The number of alkyl halides is 1. The van der Waals surface area contributed by atoms with Crippen LogP contribution in [0.2, 0.25) is 0 Å². The maximum Gasteiger partial charge on any atom is 0.182 e. The smallest absolute Gasteiger partial charge is 0.182 e. The summed E-state index contributed by atoms with van der Waals surface area (Å²) in [7, 11) is 0. The van der Waals surface area contributed by atoms with Gasteiger partial charge >= 0.3 is 0 Å². The fourth-order valence-corrected chi connectivity index (χ4v) is 2.97. The molecule has 1 atom stereocenters. The third-order valence-electron chi connectivity index (χ3n) is 4.00. The molecule has 27 heavy (non-hydrogen) atoms. The second kappa shape index (κ2) is 7.94. The van der Waals surface area contributed by atoms with Gasteiger partial charge in [0.05, 0.1) is 11.6 Å². The average Bonchev–Trinajstić information content (AvgIpc) is 3.10. The lowest BCUT2D eigenvalue weighted by Crippen LogP contribution is -2.14. The molecule has 3 rings (SSSR count). The SMILES string of the molecule is CC(C)n1nnnc1C(=C(c1ccc(F)cc1)c1ccc(F)cc1)C(O)Cl. The van der Waals surface area contributed by atoms with Gasteiger partial charge in [0, 0.05) is 0 Å². The van der Waals surface area contributed by atoms with Crippen LogP contribution in [0.3, 0.4) is 0 Å². The molecule has 0 spiro atoms. The molecule has 0 aliphatic rings. The predicted molar refractivity (Wildman–Crippen MR) is 98.8 cm³/mol. The van der Waals surface area contributed by atoms with Crippen LogP contribution >= 0.6 is 11.6 Å². The molecule has 0 saturated carbocycles. The minimum absolute atomic E-state index is 0.0943. The van der Waals surface area contributed by atoms with Crippen LogP contribution in [0.15, 0.2) is 48.5 Å². The zero-order chi connectivity index (χ0) is 19.6. The Morgan fingerprint density at radius 1 is 0.963 bits per heavy atom. The number of tetrazole rings is 1. The summed E-state index contributed by atoms with van der Waals surface area (Å²) in [5.74, 6) is -0.537. The number of aliphatic hydroxyl groups excluding tert-OH is 1. The van der Waals surface area contributed by atoms with Crippen molar-refractivity contribution in [3.05, 3.63) is 77.1 Å². The summed E-state index contributed by atoms with van der Waals surface area (Å²) >= 11 is 6.11. The van der Waals surface area contributed by atoms with E-state index in [1.165, 1.54) is 28.9 Å². The minimum atomic E-state index is -1.45. The molecule has 3 aromatic rings. The van der Waals surface area contributed by atoms with Crippen LogP contribution < -0.4 is 0 Å². The van der Waals surface area contributed by atoms with Gasteiger partial charge in [-0.2, -0.15) is 0 Å². The normalized spacial score (nSPS) is 12.3. The predicted octanol–water partition coefficient (Wildman–Crippen LogP) is 4.05. The third-order valence-corrected chi connectivity index (χ3v) is 4.21. The summed E-state index contributed by atoms with van der Waals surface area (Å²) < 4.78 is 28.4. The summed E-state index contributed by atoms with van der Waals surface area (Å²) in [6.45, 7) is 3.76. The molecule has 8 heteroatoms. The van der Waals surface area contributed by atoms with Crippen molar-refractivity contribution in [1.82, 2.24) is 20.2 Å². The lowest BCUT2D eigenvalue weighted by atomic mass is 9.92. The highest BCUT2D eigenvalue weighted by molar-refractivity contribution is 6.27. The fraction of sp³-hybridized carbons (Fsp3) is 0.211. The van der Waals surface area contributed by atoms with Crippen LogP contribution in [0.4, 0.5) is 8.78 Å². The molecule has 5 nitrogen and oxygen atoms in total. The van der Waals surface area contributed by atoms with Gasteiger partial charge in [-0.05, 0) is 65.2 Å². The Hall–Kier alpha value is -2.64. The lowest BCUT2D eigenvalue weighted by Gasteiger charge is -2.18. The van der Waals surface area contributed by atoms with E-state index in [2.05, 4.69) is 15.5 Å². The standard InChI is InChI=1S/C19H17ClF2N4O/c1-11(2)26-19(23-24-25-26)17(18(20)27)16(12-3-7-14(21)8-4-12)13-5-9-15(22)10-6-13/h3-11,18,27H,1-2H3. The summed E-state index contributed by atoms with van der Waals surface area (Å²) in [6, 6.07) is 11.3. The number of aliphatic hydroxyl groups is 1. The zero-order valence-electron chi connectivity index (χ0n) is 14.6. The van der Waals surface area contributed by atoms with E-state index in [9.17, 15) is 13.9 Å². The van der Waals surface area contributed by atoms with Crippen LogP contribution in [0.1, 0.15) is 36.8 Å². The van der Waals surface area contributed by atoms with Gasteiger partial charge < -0.3 is 5.11 Å². The summed E-state index contributed by atoms with van der Waals surface area (Å²) in [5.41, 5.74) is 0.438. The van der Waals surface area contributed by atoms with Crippen LogP contribution in [-0.4, -0.2) is 30.9 Å². The van der Waals surface area contributed by atoms with Crippen molar-refractivity contribution in [1.29, 1.82) is 0 Å². The first kappa shape index (κ1) is 19.1. The first-order valence-corrected chi connectivity index (χ1v) is 8.68. The van der Waals surface area contributed by atoms with Crippen LogP contribution in [0, 0.1) is 11.6 Å². The van der Waals surface area contributed by atoms with E-state index >= 15 is 0 Å². The van der Waals surface area contributed by atoms with Gasteiger partial charge in [-0.1, -0.05) is 35.9 Å². The Balaban J connectivity index is 2.34. The first-order valence-electron chi connectivity index (χ1n) is 8.25. The number of hydrogen-bond donors (Lipinski definition) is 1. The molecule has 0 saturated heterocycles. The number of rotatable bonds is 5. The Bertz CT molecular complexity index is 903. The molecular formula is C19H17ClF2N4O. The number of aromatic nitrogens is 4. The summed E-state index contributed by atoms with van der Waals surface area (Å²) in [5, 5.41) is 22.0. The molecule has 0 aliphatic heterocycles. The molecule has 1 unspecified atom stereocenters. The van der Waals surface area contributed by atoms with Crippen molar-refractivity contribution in [3.8, 4) is 0 Å². The zero-order valence-corrected chi connectivity index (χ0v) is 15.4. The highest BCUT2D eigenvalue weighted by atomic mass is 35.5. The van der Waals surface area contributed by atoms with E-state index < -0.39 is 17.2 Å². The van der Waals surface area contributed by atoms with Crippen molar-refractivity contribution in [3.63, 3.8) is 0 Å². The van der Waals surface area contributed by atoms with Crippen molar-refractivity contribution in [2.75, 3.05) is 0 Å². The molecule has 2 aromatic carbocycles. The molecule has 1 heterocycles. The number of nitrogens with zero attached hydrogens (tertiary/aromatic N) is 4. The van der Waals surface area contributed by atoms with E-state index in [0.717, 1.165) is 0 Å². The van der Waals surface area contributed by atoms with Gasteiger partial charge in [0.25, 0.3) is 0 Å². The summed E-state index contributed by atoms with van der Waals surface area (Å²) in [6.07, 6.45) is 0. The van der Waals surface area contributed by atoms with Crippen LogP contribution in [-0.2, 0) is 0 Å². The molecule has 0 radical (unpaired) electrons. The Morgan fingerprint density at radius 3 is 1.85 bits per heavy atom. The number of benzene rings is 2. The van der Waals surface area contributed by atoms with Crippen LogP contribution in [0.5, 0.6) is 0 Å². The monoisotopic (exact) mass is 390 g/mol. The first-order chi connectivity index (χ1) is 12.9. The molecule has 0 amide bonds. The molecule has 0 fully saturated rings. The Morgan fingerprint density at radius 2 is 1.44 bits per heavy atom. The van der Waals surface area contributed by atoms with Crippen molar-refractivity contribution in [2.24, 2.45) is 0 Å². The largest absolute Gasteiger partial charge is 0.373 e. The van der Waals surface area contributed by atoms with Gasteiger partial charge in [0.15, 0.2) is 11.4 Å². The minimum Gasteiger partial charge on any atom is -0.373 e. The van der Waals surface area contributed by atoms with E-state index in [4.69, 9.17) is 11.6 Å².